The van der Waals surface area contributed by atoms with Gasteiger partial charge in [-0.1, -0.05) is 20.3 Å². The maximum absolute atomic E-state index is 11.9. The van der Waals surface area contributed by atoms with Gasteiger partial charge in [0, 0.05) is 18.5 Å². The lowest BCUT2D eigenvalue weighted by Crippen LogP contribution is -2.42. The summed E-state index contributed by atoms with van der Waals surface area (Å²) >= 11 is 0. The van der Waals surface area contributed by atoms with Gasteiger partial charge >= 0.3 is 0 Å². The van der Waals surface area contributed by atoms with E-state index in [0.717, 1.165) is 25.9 Å². The molecule has 1 heterocycles. The highest BCUT2D eigenvalue weighted by molar-refractivity contribution is 5.82. The fourth-order valence-corrected chi connectivity index (χ4v) is 2.36. The largest absolute Gasteiger partial charge is 0.352 e. The van der Waals surface area contributed by atoms with Gasteiger partial charge in [-0.25, -0.2) is 0 Å². The van der Waals surface area contributed by atoms with Crippen molar-refractivity contribution in [3.63, 3.8) is 0 Å². The number of amides is 1. The van der Waals surface area contributed by atoms with Crippen LogP contribution >= 0.6 is 0 Å². The van der Waals surface area contributed by atoms with Crippen LogP contribution in [0, 0.1) is 11.3 Å². The van der Waals surface area contributed by atoms with E-state index < -0.39 is 0 Å². The van der Waals surface area contributed by atoms with Gasteiger partial charge in [-0.15, -0.1) is 0 Å². The van der Waals surface area contributed by atoms with Crippen LogP contribution in [0.1, 0.15) is 39.5 Å². The molecule has 1 saturated heterocycles. The SMILES string of the molecule is CC1(C)CC1C(=O)NC1CCCCNC1. The van der Waals surface area contributed by atoms with Gasteiger partial charge in [-0.2, -0.15) is 0 Å². The molecule has 2 aliphatic rings. The Kier molecular flexibility index (Phi) is 3.01. The highest BCUT2D eigenvalue weighted by Gasteiger charge is 2.50. The molecule has 0 bridgehead atoms. The van der Waals surface area contributed by atoms with Crippen LogP contribution in [0.4, 0.5) is 0 Å². The molecule has 0 spiro atoms. The smallest absolute Gasteiger partial charge is 0.223 e. The first-order chi connectivity index (χ1) is 7.09. The number of rotatable bonds is 2. The van der Waals surface area contributed by atoms with Crippen LogP contribution in [0.25, 0.3) is 0 Å². The average Bonchev–Trinajstić information content (AvgIpc) is 2.85. The van der Waals surface area contributed by atoms with Gasteiger partial charge in [0.1, 0.15) is 0 Å². The maximum Gasteiger partial charge on any atom is 0.223 e. The fraction of sp³-hybridized carbons (Fsp3) is 0.917. The number of carbonyl (C=O) groups excluding carboxylic acids is 1. The quantitative estimate of drug-likeness (QED) is 0.721. The first-order valence-electron chi connectivity index (χ1n) is 6.11. The Morgan fingerprint density at radius 1 is 1.40 bits per heavy atom. The molecular formula is C12H22N2O. The highest BCUT2D eigenvalue weighted by atomic mass is 16.2. The van der Waals surface area contributed by atoms with E-state index in [-0.39, 0.29) is 17.2 Å². The molecule has 2 fully saturated rings. The third-order valence-electron chi connectivity index (χ3n) is 3.72. The van der Waals surface area contributed by atoms with E-state index in [0.29, 0.717) is 6.04 Å². The number of nitrogens with one attached hydrogen (secondary N) is 2. The predicted molar refractivity (Wildman–Crippen MR) is 60.5 cm³/mol. The molecule has 2 N–H and O–H groups in total. The zero-order valence-corrected chi connectivity index (χ0v) is 9.81. The molecule has 15 heavy (non-hydrogen) atoms. The first-order valence-corrected chi connectivity index (χ1v) is 6.11. The summed E-state index contributed by atoms with van der Waals surface area (Å²) < 4.78 is 0. The van der Waals surface area contributed by atoms with Crippen molar-refractivity contribution in [1.82, 2.24) is 10.6 Å². The highest BCUT2D eigenvalue weighted by Crippen LogP contribution is 2.51. The molecule has 0 aromatic rings. The van der Waals surface area contributed by atoms with Crippen LogP contribution < -0.4 is 10.6 Å². The van der Waals surface area contributed by atoms with Gasteiger partial charge in [0.15, 0.2) is 0 Å². The van der Waals surface area contributed by atoms with E-state index in [1.54, 1.807) is 0 Å². The Balaban J connectivity index is 1.78. The molecule has 1 aliphatic heterocycles. The fourth-order valence-electron chi connectivity index (χ4n) is 2.36. The van der Waals surface area contributed by atoms with Crippen molar-refractivity contribution in [3.05, 3.63) is 0 Å². The topological polar surface area (TPSA) is 41.1 Å². The summed E-state index contributed by atoms with van der Waals surface area (Å²) in [6.45, 7) is 6.38. The third kappa shape index (κ3) is 2.71. The van der Waals surface area contributed by atoms with Gasteiger partial charge in [0.2, 0.25) is 5.91 Å². The lowest BCUT2D eigenvalue weighted by Gasteiger charge is -2.16. The average molecular weight is 210 g/mol. The van der Waals surface area contributed by atoms with Gasteiger partial charge < -0.3 is 10.6 Å². The second-order valence-corrected chi connectivity index (χ2v) is 5.65. The van der Waals surface area contributed by atoms with Gasteiger partial charge in [-0.05, 0) is 31.2 Å². The van der Waals surface area contributed by atoms with Gasteiger partial charge in [-0.3, -0.25) is 4.79 Å². The summed E-state index contributed by atoms with van der Waals surface area (Å²) in [5.41, 5.74) is 0.252. The molecule has 2 unspecified atom stereocenters. The van der Waals surface area contributed by atoms with E-state index in [1.165, 1.54) is 12.8 Å². The molecule has 0 radical (unpaired) electrons. The van der Waals surface area contributed by atoms with Crippen molar-refractivity contribution < 1.29 is 4.79 Å². The monoisotopic (exact) mass is 210 g/mol. The van der Waals surface area contributed by atoms with E-state index in [2.05, 4.69) is 24.5 Å². The minimum absolute atomic E-state index is 0.252. The Bertz CT molecular complexity index is 242. The molecule has 2 rings (SSSR count). The Labute approximate surface area is 92.0 Å². The molecule has 0 aromatic heterocycles. The van der Waals surface area contributed by atoms with Crippen LogP contribution in [0.2, 0.25) is 0 Å². The first kappa shape index (κ1) is 10.9. The molecule has 1 amide bonds. The molecule has 86 valence electrons. The summed E-state index contributed by atoms with van der Waals surface area (Å²) in [7, 11) is 0. The minimum atomic E-state index is 0.252. The zero-order chi connectivity index (χ0) is 10.9. The Morgan fingerprint density at radius 3 is 2.80 bits per heavy atom. The Hall–Kier alpha value is -0.570. The number of hydrogen-bond donors (Lipinski definition) is 2. The molecular weight excluding hydrogens is 188 g/mol. The summed E-state index contributed by atoms with van der Waals surface area (Å²) in [4.78, 5) is 11.9. The summed E-state index contributed by atoms with van der Waals surface area (Å²) in [6.07, 6.45) is 4.65. The normalized spacial score (nSPS) is 34.3. The lowest BCUT2D eigenvalue weighted by molar-refractivity contribution is -0.123. The summed E-state index contributed by atoms with van der Waals surface area (Å²) in [6, 6.07) is 0.358. The molecule has 1 aliphatic carbocycles. The van der Waals surface area contributed by atoms with E-state index in [9.17, 15) is 4.79 Å². The predicted octanol–water partition coefficient (Wildman–Crippen LogP) is 1.29. The van der Waals surface area contributed by atoms with Crippen molar-refractivity contribution >= 4 is 5.91 Å². The Morgan fingerprint density at radius 2 is 2.13 bits per heavy atom. The van der Waals surface area contributed by atoms with Crippen LogP contribution in [0.15, 0.2) is 0 Å². The van der Waals surface area contributed by atoms with Crippen molar-refractivity contribution in [2.75, 3.05) is 13.1 Å². The summed E-state index contributed by atoms with van der Waals surface area (Å²) in [5.74, 6) is 0.537. The van der Waals surface area contributed by atoms with Crippen LogP contribution in [0.5, 0.6) is 0 Å². The van der Waals surface area contributed by atoms with Crippen molar-refractivity contribution in [3.8, 4) is 0 Å². The summed E-state index contributed by atoms with van der Waals surface area (Å²) in [5, 5.41) is 6.54. The molecule has 2 atom stereocenters. The number of carbonyl (C=O) groups is 1. The van der Waals surface area contributed by atoms with E-state index in [1.807, 2.05) is 0 Å². The molecule has 0 aromatic carbocycles. The molecule has 3 heteroatoms. The van der Waals surface area contributed by atoms with E-state index in [4.69, 9.17) is 0 Å². The maximum atomic E-state index is 11.9. The van der Waals surface area contributed by atoms with Crippen molar-refractivity contribution in [2.45, 2.75) is 45.6 Å². The molecule has 3 nitrogen and oxygen atoms in total. The lowest BCUT2D eigenvalue weighted by atomic mass is 10.1. The van der Waals surface area contributed by atoms with Crippen LogP contribution in [-0.4, -0.2) is 25.0 Å². The second-order valence-electron chi connectivity index (χ2n) is 5.65. The standard InChI is InChI=1S/C12H22N2O/c1-12(2)7-10(12)11(15)14-9-5-3-4-6-13-8-9/h9-10,13H,3-8H2,1-2H3,(H,14,15). The number of hydrogen-bond acceptors (Lipinski definition) is 2. The zero-order valence-electron chi connectivity index (χ0n) is 9.81. The van der Waals surface area contributed by atoms with Crippen LogP contribution in [-0.2, 0) is 4.79 Å². The van der Waals surface area contributed by atoms with Crippen molar-refractivity contribution in [1.29, 1.82) is 0 Å². The third-order valence-corrected chi connectivity index (χ3v) is 3.72. The second kappa shape index (κ2) is 4.12. The van der Waals surface area contributed by atoms with Crippen LogP contribution in [0.3, 0.4) is 0 Å². The minimum Gasteiger partial charge on any atom is -0.352 e. The molecule has 1 saturated carbocycles. The van der Waals surface area contributed by atoms with Gasteiger partial charge in [0.05, 0.1) is 0 Å². The van der Waals surface area contributed by atoms with E-state index >= 15 is 0 Å². The van der Waals surface area contributed by atoms with Crippen molar-refractivity contribution in [2.24, 2.45) is 11.3 Å². The van der Waals surface area contributed by atoms with Gasteiger partial charge in [0.25, 0.3) is 0 Å².